The molecule has 0 bridgehead atoms. The molecule has 3 aromatic rings. The third-order valence-electron chi connectivity index (χ3n) is 6.50. The van der Waals surface area contributed by atoms with Gasteiger partial charge in [0.1, 0.15) is 11.9 Å². The van der Waals surface area contributed by atoms with Gasteiger partial charge < -0.3 is 20.3 Å². The lowest BCUT2D eigenvalue weighted by Crippen LogP contribution is -2.40. The number of ether oxygens (including phenoxy) is 1. The van der Waals surface area contributed by atoms with Gasteiger partial charge in [-0.15, -0.1) is 0 Å². The zero-order valence-corrected chi connectivity index (χ0v) is 20.5. The number of amides is 1. The lowest BCUT2D eigenvalue weighted by atomic mass is 10.1. The van der Waals surface area contributed by atoms with Crippen molar-refractivity contribution in [3.8, 4) is 5.88 Å². The van der Waals surface area contributed by atoms with Crippen molar-refractivity contribution in [2.75, 3.05) is 28.7 Å². The number of hydrogen-bond donors (Lipinski definition) is 3. The number of hydrogen-bond acceptors (Lipinski definition) is 8. The molecule has 1 aliphatic heterocycles. The summed E-state index contributed by atoms with van der Waals surface area (Å²) in [5.74, 6) is 2.93. The summed E-state index contributed by atoms with van der Waals surface area (Å²) in [7, 11) is 0. The molecule has 35 heavy (non-hydrogen) atoms. The molecule has 0 aromatic carbocycles. The van der Waals surface area contributed by atoms with Crippen molar-refractivity contribution in [2.24, 2.45) is 0 Å². The molecule has 0 saturated carbocycles. The number of nitrogens with one attached hydrogen (secondary N) is 3. The van der Waals surface area contributed by atoms with Crippen LogP contribution in [0.4, 0.5) is 23.3 Å². The van der Waals surface area contributed by atoms with E-state index in [9.17, 15) is 4.79 Å². The predicted molar refractivity (Wildman–Crippen MR) is 134 cm³/mol. The summed E-state index contributed by atoms with van der Waals surface area (Å²) in [5, 5.41) is 13.9. The Balaban J connectivity index is 1.36. The van der Waals surface area contributed by atoms with Crippen LogP contribution in [0.5, 0.6) is 5.88 Å². The molecular formula is C25H32N8O2. The van der Waals surface area contributed by atoms with Crippen molar-refractivity contribution in [1.82, 2.24) is 25.1 Å². The van der Waals surface area contributed by atoms with Crippen molar-refractivity contribution in [3.05, 3.63) is 41.3 Å². The van der Waals surface area contributed by atoms with E-state index in [2.05, 4.69) is 39.7 Å². The van der Waals surface area contributed by atoms with Crippen LogP contribution in [0.15, 0.2) is 24.4 Å². The number of carbonyl (C=O) groups is 1. The van der Waals surface area contributed by atoms with Crippen molar-refractivity contribution < 1.29 is 9.53 Å². The van der Waals surface area contributed by atoms with E-state index >= 15 is 0 Å². The van der Waals surface area contributed by atoms with E-state index in [0.717, 1.165) is 67.2 Å². The molecule has 184 valence electrons. The van der Waals surface area contributed by atoms with Gasteiger partial charge in [0.05, 0.1) is 24.2 Å². The lowest BCUT2D eigenvalue weighted by molar-refractivity contribution is -0.117. The Bertz CT molecular complexity index is 1190. The van der Waals surface area contributed by atoms with E-state index in [-0.39, 0.29) is 11.9 Å². The zero-order valence-electron chi connectivity index (χ0n) is 20.5. The minimum Gasteiger partial charge on any atom is -0.478 e. The molecule has 10 heteroatoms. The topological polar surface area (TPSA) is 121 Å². The van der Waals surface area contributed by atoms with E-state index in [0.29, 0.717) is 30.0 Å². The molecule has 5 rings (SSSR count). The largest absolute Gasteiger partial charge is 0.478 e. The fourth-order valence-electron chi connectivity index (χ4n) is 4.66. The number of nitrogens with zero attached hydrogens (tertiary/aromatic N) is 5. The summed E-state index contributed by atoms with van der Waals surface area (Å²) in [5.41, 5.74) is 3.91. The first kappa shape index (κ1) is 23.1. The van der Waals surface area contributed by atoms with Crippen LogP contribution in [-0.2, 0) is 17.6 Å². The highest BCUT2D eigenvalue weighted by atomic mass is 16.5. The van der Waals surface area contributed by atoms with Gasteiger partial charge in [-0.3, -0.25) is 9.89 Å². The first-order chi connectivity index (χ1) is 17.0. The van der Waals surface area contributed by atoms with Gasteiger partial charge in [-0.2, -0.15) is 10.1 Å². The van der Waals surface area contributed by atoms with Crippen LogP contribution in [0.1, 0.15) is 62.9 Å². The fourth-order valence-corrected chi connectivity index (χ4v) is 4.66. The van der Waals surface area contributed by atoms with Crippen molar-refractivity contribution in [3.63, 3.8) is 0 Å². The summed E-state index contributed by atoms with van der Waals surface area (Å²) in [6.45, 7) is 7.44. The van der Waals surface area contributed by atoms with Gasteiger partial charge >= 0.3 is 0 Å². The Labute approximate surface area is 204 Å². The van der Waals surface area contributed by atoms with E-state index in [1.165, 1.54) is 0 Å². The Morgan fingerprint density at radius 1 is 1.26 bits per heavy atom. The minimum absolute atomic E-state index is 0.0825. The van der Waals surface area contributed by atoms with Crippen molar-refractivity contribution in [2.45, 2.75) is 64.8 Å². The van der Waals surface area contributed by atoms with Gasteiger partial charge in [0.15, 0.2) is 5.82 Å². The highest BCUT2D eigenvalue weighted by Crippen LogP contribution is 2.33. The zero-order chi connectivity index (χ0) is 24.4. The summed E-state index contributed by atoms with van der Waals surface area (Å²) >= 11 is 0. The van der Waals surface area contributed by atoms with E-state index < -0.39 is 0 Å². The number of aromatic amines is 1. The second-order valence-corrected chi connectivity index (χ2v) is 9.30. The normalized spacial score (nSPS) is 17.0. The number of anilines is 4. The van der Waals surface area contributed by atoms with Crippen LogP contribution < -0.4 is 20.3 Å². The molecule has 4 heterocycles. The summed E-state index contributed by atoms with van der Waals surface area (Å²) in [4.78, 5) is 29.2. The van der Waals surface area contributed by atoms with Gasteiger partial charge in [0.25, 0.3) is 0 Å². The van der Waals surface area contributed by atoms with Crippen LogP contribution in [0.2, 0.25) is 0 Å². The second kappa shape index (κ2) is 9.89. The van der Waals surface area contributed by atoms with Gasteiger partial charge in [0, 0.05) is 29.9 Å². The molecule has 1 amide bonds. The lowest BCUT2D eigenvalue weighted by Gasteiger charge is -2.25. The average Bonchev–Trinajstić information content (AvgIpc) is 3.61. The van der Waals surface area contributed by atoms with Gasteiger partial charge in [-0.25, -0.2) is 9.97 Å². The van der Waals surface area contributed by atoms with Crippen LogP contribution >= 0.6 is 0 Å². The molecule has 1 atom stereocenters. The third-order valence-corrected chi connectivity index (χ3v) is 6.50. The maximum atomic E-state index is 13.2. The SMILES string of the molecule is CCOc1ccc(NC(=O)[C@H]2CCCN2c2nc3c(c(Nc4cc(C(C)C)[nH]n4)n2)CCC3)cn1. The fraction of sp³-hybridized carbons (Fsp3) is 0.480. The molecule has 1 fully saturated rings. The Hall–Kier alpha value is -3.69. The minimum atomic E-state index is -0.341. The standard InChI is InChI=1S/C25H32N8O2/c1-4-35-22-11-10-16(14-26-22)27-24(34)20-9-6-12-33(20)25-28-18-8-5-7-17(18)23(30-25)29-21-13-19(15(2)3)31-32-21/h10-11,13-15,20H,4-9,12H2,1-3H3,(H,27,34)(H2,28,29,30,31,32)/t20-/m1/s1. The monoisotopic (exact) mass is 476 g/mol. The summed E-state index contributed by atoms with van der Waals surface area (Å²) in [6, 6.07) is 5.24. The summed E-state index contributed by atoms with van der Waals surface area (Å²) in [6.07, 6.45) is 6.17. The number of aromatic nitrogens is 5. The van der Waals surface area contributed by atoms with E-state index in [1.54, 1.807) is 18.3 Å². The number of pyridine rings is 1. The molecule has 1 saturated heterocycles. The molecule has 0 spiro atoms. The first-order valence-electron chi connectivity index (χ1n) is 12.4. The Morgan fingerprint density at radius 3 is 2.89 bits per heavy atom. The maximum absolute atomic E-state index is 13.2. The number of rotatable bonds is 8. The quantitative estimate of drug-likeness (QED) is 0.447. The van der Waals surface area contributed by atoms with Gasteiger partial charge in [-0.05, 0) is 51.0 Å². The molecule has 10 nitrogen and oxygen atoms in total. The third kappa shape index (κ3) is 4.91. The van der Waals surface area contributed by atoms with Gasteiger partial charge in [-0.1, -0.05) is 13.8 Å². The Kier molecular flexibility index (Phi) is 6.52. The molecule has 0 unspecified atom stereocenters. The first-order valence-corrected chi connectivity index (χ1v) is 12.4. The van der Waals surface area contributed by atoms with Crippen molar-refractivity contribution in [1.29, 1.82) is 0 Å². The number of aryl methyl sites for hydroxylation is 1. The van der Waals surface area contributed by atoms with Crippen LogP contribution in [0.25, 0.3) is 0 Å². The molecular weight excluding hydrogens is 444 g/mol. The van der Waals surface area contributed by atoms with E-state index in [4.69, 9.17) is 14.7 Å². The van der Waals surface area contributed by atoms with Gasteiger partial charge in [0.2, 0.25) is 17.7 Å². The Morgan fingerprint density at radius 2 is 2.14 bits per heavy atom. The highest BCUT2D eigenvalue weighted by Gasteiger charge is 2.34. The number of fused-ring (bicyclic) bond motifs is 1. The summed E-state index contributed by atoms with van der Waals surface area (Å²) < 4.78 is 5.38. The molecule has 1 aliphatic carbocycles. The maximum Gasteiger partial charge on any atom is 0.247 e. The average molecular weight is 477 g/mol. The van der Waals surface area contributed by atoms with E-state index in [1.807, 2.05) is 17.9 Å². The predicted octanol–water partition coefficient (Wildman–Crippen LogP) is 3.96. The van der Waals surface area contributed by atoms with Crippen LogP contribution in [-0.4, -0.2) is 50.2 Å². The molecule has 2 aliphatic rings. The van der Waals surface area contributed by atoms with Crippen LogP contribution in [0.3, 0.4) is 0 Å². The number of H-pyrrole nitrogens is 1. The molecule has 3 N–H and O–H groups in total. The molecule has 0 radical (unpaired) electrons. The smallest absolute Gasteiger partial charge is 0.247 e. The van der Waals surface area contributed by atoms with Crippen molar-refractivity contribution >= 4 is 29.2 Å². The molecule has 3 aromatic heterocycles. The number of carbonyl (C=O) groups excluding carboxylic acids is 1. The second-order valence-electron chi connectivity index (χ2n) is 9.30. The highest BCUT2D eigenvalue weighted by molar-refractivity contribution is 5.97. The van der Waals surface area contributed by atoms with Crippen LogP contribution in [0, 0.1) is 0 Å².